The molecule has 0 aromatic rings. The first-order valence-corrected chi connectivity index (χ1v) is 21.2. The Bertz CT molecular complexity index is 1220. The number of hydrogen-bond acceptors (Lipinski definition) is 11. The van der Waals surface area contributed by atoms with Crippen molar-refractivity contribution in [2.75, 3.05) is 46.1 Å². The van der Waals surface area contributed by atoms with Crippen LogP contribution in [0.1, 0.15) is 154 Å². The van der Waals surface area contributed by atoms with Crippen LogP contribution in [0.15, 0.2) is 0 Å². The lowest BCUT2D eigenvalue weighted by Gasteiger charge is -2.14. The van der Waals surface area contributed by atoms with Crippen molar-refractivity contribution in [2.24, 2.45) is 0 Å². The van der Waals surface area contributed by atoms with Crippen molar-refractivity contribution in [1.29, 1.82) is 0 Å². The first-order valence-electron chi connectivity index (χ1n) is 21.2. The van der Waals surface area contributed by atoms with Crippen molar-refractivity contribution in [1.82, 2.24) is 26.3 Å². The van der Waals surface area contributed by atoms with Crippen molar-refractivity contribution in [3.63, 3.8) is 0 Å². The molecule has 1 fully saturated rings. The second kappa shape index (κ2) is 34.7. The number of carbonyl (C=O) groups is 8. The van der Waals surface area contributed by atoms with Crippen LogP contribution in [0, 0.1) is 0 Å². The lowest BCUT2D eigenvalue weighted by Crippen LogP contribution is -2.41. The molecule has 332 valence electrons. The van der Waals surface area contributed by atoms with Gasteiger partial charge in [0, 0.05) is 51.7 Å². The van der Waals surface area contributed by atoms with E-state index >= 15 is 0 Å². The highest BCUT2D eigenvalue weighted by Gasteiger charge is 2.32. The Hall–Kier alpha value is -4.32. The fourth-order valence-electron chi connectivity index (χ4n) is 6.06. The standard InChI is InChI=1S/C40H69N5O13/c46-33(41-25-17-18-26-42-40(55)43-27-28-56-29-30-57-31-38(52)58-45-35(48)23-24-36(45)49)22-21-32(39(53)54)44-34(47)19-15-13-11-9-7-5-3-1-2-4-6-8-10-12-14-16-20-37(50)51/h32H,1-31H2,(H,41,46)(H,44,47)(H,50,51)(H,53,54)(H2,42,43,55)/t32-/m0/s1. The van der Waals surface area contributed by atoms with E-state index in [4.69, 9.17) is 14.6 Å². The Kier molecular flexibility index (Phi) is 30.9. The molecular weight excluding hydrogens is 758 g/mol. The van der Waals surface area contributed by atoms with Crippen LogP contribution in [0.4, 0.5) is 4.79 Å². The third kappa shape index (κ3) is 29.9. The van der Waals surface area contributed by atoms with Crippen LogP contribution < -0.4 is 21.3 Å². The van der Waals surface area contributed by atoms with Gasteiger partial charge in [-0.1, -0.05) is 89.9 Å². The van der Waals surface area contributed by atoms with Crippen LogP contribution in [0.3, 0.4) is 0 Å². The van der Waals surface area contributed by atoms with Crippen molar-refractivity contribution in [2.45, 2.75) is 160 Å². The minimum Gasteiger partial charge on any atom is -0.481 e. The van der Waals surface area contributed by atoms with Gasteiger partial charge in [0.2, 0.25) is 11.8 Å². The predicted molar refractivity (Wildman–Crippen MR) is 212 cm³/mol. The molecule has 0 spiro atoms. The Balaban J connectivity index is 1.92. The van der Waals surface area contributed by atoms with E-state index in [1.807, 2.05) is 0 Å². The normalized spacial score (nSPS) is 12.9. The van der Waals surface area contributed by atoms with Gasteiger partial charge in [-0.05, 0) is 32.1 Å². The van der Waals surface area contributed by atoms with Gasteiger partial charge in [0.15, 0.2) is 0 Å². The molecule has 0 bridgehead atoms. The maximum Gasteiger partial charge on any atom is 0.358 e. The number of hydroxylamine groups is 2. The van der Waals surface area contributed by atoms with Gasteiger partial charge in [0.05, 0.1) is 19.8 Å². The van der Waals surface area contributed by atoms with E-state index in [1.54, 1.807) is 0 Å². The number of urea groups is 1. The van der Waals surface area contributed by atoms with Crippen molar-refractivity contribution in [3.05, 3.63) is 0 Å². The fraction of sp³-hybridized carbons (Fsp3) is 0.800. The summed E-state index contributed by atoms with van der Waals surface area (Å²) in [6.07, 6.45) is 19.5. The molecule has 6 amide bonds. The summed E-state index contributed by atoms with van der Waals surface area (Å²) in [5.41, 5.74) is 0. The Labute approximate surface area is 342 Å². The van der Waals surface area contributed by atoms with Gasteiger partial charge in [0.1, 0.15) is 12.6 Å². The summed E-state index contributed by atoms with van der Waals surface area (Å²) in [6.45, 7) is 0.900. The number of hydrogen-bond donors (Lipinski definition) is 6. The average molecular weight is 828 g/mol. The molecule has 6 N–H and O–H groups in total. The molecule has 18 heteroatoms. The number of amides is 6. The van der Waals surface area contributed by atoms with Crippen LogP contribution in [0.5, 0.6) is 0 Å². The zero-order chi connectivity index (χ0) is 42.6. The third-order valence-corrected chi connectivity index (χ3v) is 9.37. The van der Waals surface area contributed by atoms with E-state index in [9.17, 15) is 43.5 Å². The van der Waals surface area contributed by atoms with Gasteiger partial charge < -0.3 is 45.8 Å². The molecule has 1 aliphatic rings. The molecule has 1 rings (SSSR count). The van der Waals surface area contributed by atoms with E-state index in [2.05, 4.69) is 26.1 Å². The largest absolute Gasteiger partial charge is 0.481 e. The van der Waals surface area contributed by atoms with Gasteiger partial charge in [-0.15, -0.1) is 5.06 Å². The van der Waals surface area contributed by atoms with Crippen molar-refractivity contribution >= 4 is 47.6 Å². The second-order valence-corrected chi connectivity index (χ2v) is 14.5. The number of unbranched alkanes of at least 4 members (excludes halogenated alkanes) is 16. The van der Waals surface area contributed by atoms with Crippen LogP contribution in [0.25, 0.3) is 0 Å². The van der Waals surface area contributed by atoms with E-state index in [-0.39, 0.29) is 82.7 Å². The van der Waals surface area contributed by atoms with E-state index in [1.165, 1.54) is 57.8 Å². The molecular formula is C40H69N5O13. The summed E-state index contributed by atoms with van der Waals surface area (Å²) in [4.78, 5) is 97.8. The number of imide groups is 1. The quantitative estimate of drug-likeness (QED) is 0.0376. The first-order chi connectivity index (χ1) is 28.0. The summed E-state index contributed by atoms with van der Waals surface area (Å²) in [7, 11) is 0. The molecule has 0 radical (unpaired) electrons. The molecule has 0 aromatic heterocycles. The zero-order valence-electron chi connectivity index (χ0n) is 34.3. The number of carboxylic acids is 2. The smallest absolute Gasteiger partial charge is 0.358 e. The molecule has 1 heterocycles. The number of rotatable bonds is 38. The summed E-state index contributed by atoms with van der Waals surface area (Å²) >= 11 is 0. The van der Waals surface area contributed by atoms with Gasteiger partial charge in [-0.2, -0.15) is 0 Å². The lowest BCUT2D eigenvalue weighted by molar-refractivity contribution is -0.200. The van der Waals surface area contributed by atoms with Crippen LogP contribution in [-0.4, -0.2) is 115 Å². The number of ether oxygens (including phenoxy) is 2. The maximum atomic E-state index is 12.3. The topological polar surface area (TPSA) is 256 Å². The number of carbonyl (C=O) groups excluding carboxylic acids is 6. The molecule has 0 aliphatic carbocycles. The van der Waals surface area contributed by atoms with Gasteiger partial charge in [-0.3, -0.25) is 24.0 Å². The summed E-state index contributed by atoms with van der Waals surface area (Å²) in [5.74, 6) is -4.54. The SMILES string of the molecule is O=C(O)CCCCCCCCCCCCCCCCCCC(=O)N[C@@H](CCC(=O)NCCCCNC(=O)NCCOCCOCC(=O)ON1C(=O)CCC1=O)C(=O)O. The Morgan fingerprint density at radius 2 is 1.03 bits per heavy atom. The monoisotopic (exact) mass is 827 g/mol. The molecule has 0 aromatic carbocycles. The number of nitrogens with zero attached hydrogens (tertiary/aromatic N) is 1. The third-order valence-electron chi connectivity index (χ3n) is 9.37. The van der Waals surface area contributed by atoms with Crippen LogP contribution in [-0.2, 0) is 47.9 Å². The van der Waals surface area contributed by atoms with Gasteiger partial charge in [0.25, 0.3) is 11.8 Å². The summed E-state index contributed by atoms with van der Waals surface area (Å²) < 4.78 is 10.4. The highest BCUT2D eigenvalue weighted by Crippen LogP contribution is 2.15. The Morgan fingerprint density at radius 3 is 1.57 bits per heavy atom. The van der Waals surface area contributed by atoms with E-state index < -0.39 is 42.4 Å². The van der Waals surface area contributed by atoms with Crippen molar-refractivity contribution < 1.29 is 62.9 Å². The molecule has 0 unspecified atom stereocenters. The zero-order valence-corrected chi connectivity index (χ0v) is 34.3. The fourth-order valence-corrected chi connectivity index (χ4v) is 6.06. The maximum absolute atomic E-state index is 12.3. The highest BCUT2D eigenvalue weighted by atomic mass is 16.7. The number of carboxylic acid groups (broad SMARTS) is 2. The Morgan fingerprint density at radius 1 is 0.552 bits per heavy atom. The number of nitrogens with one attached hydrogen (secondary N) is 4. The lowest BCUT2D eigenvalue weighted by atomic mass is 10.0. The number of aliphatic carboxylic acids is 2. The average Bonchev–Trinajstić information content (AvgIpc) is 3.50. The molecule has 58 heavy (non-hydrogen) atoms. The van der Waals surface area contributed by atoms with Gasteiger partial charge in [-0.25, -0.2) is 14.4 Å². The van der Waals surface area contributed by atoms with Gasteiger partial charge >= 0.3 is 23.9 Å². The summed E-state index contributed by atoms with van der Waals surface area (Å²) in [5, 5.41) is 29.2. The minimum atomic E-state index is -1.18. The highest BCUT2D eigenvalue weighted by molar-refractivity contribution is 6.01. The summed E-state index contributed by atoms with van der Waals surface area (Å²) in [6, 6.07) is -1.52. The minimum absolute atomic E-state index is 0.00527. The molecule has 1 saturated heterocycles. The van der Waals surface area contributed by atoms with Crippen LogP contribution in [0.2, 0.25) is 0 Å². The molecule has 1 atom stereocenters. The van der Waals surface area contributed by atoms with E-state index in [0.717, 1.165) is 38.5 Å². The second-order valence-electron chi connectivity index (χ2n) is 14.5. The molecule has 1 aliphatic heterocycles. The predicted octanol–water partition coefficient (Wildman–Crippen LogP) is 4.28. The molecule has 18 nitrogen and oxygen atoms in total. The molecule has 0 saturated carbocycles. The van der Waals surface area contributed by atoms with Crippen LogP contribution >= 0.6 is 0 Å². The van der Waals surface area contributed by atoms with E-state index in [0.29, 0.717) is 37.4 Å². The first kappa shape index (κ1) is 51.7. The van der Waals surface area contributed by atoms with Crippen molar-refractivity contribution in [3.8, 4) is 0 Å².